The van der Waals surface area contributed by atoms with Crippen LogP contribution in [0.5, 0.6) is 0 Å². The summed E-state index contributed by atoms with van der Waals surface area (Å²) in [5.41, 5.74) is 0.149. The summed E-state index contributed by atoms with van der Waals surface area (Å²) in [6.45, 7) is 7.43. The van der Waals surface area contributed by atoms with Gasteiger partial charge in [0.1, 0.15) is 15.4 Å². The highest BCUT2D eigenvalue weighted by Gasteiger charge is 2.23. The van der Waals surface area contributed by atoms with Gasteiger partial charge in [-0.2, -0.15) is 0 Å². The second-order valence-electron chi connectivity index (χ2n) is 5.73. The van der Waals surface area contributed by atoms with Crippen molar-refractivity contribution in [2.24, 2.45) is 0 Å². The molecular formula is C12H21N3O4S. The molecule has 1 aromatic heterocycles. The smallest absolute Gasteiger partial charge is 0.361 e. The van der Waals surface area contributed by atoms with Gasteiger partial charge in [0.05, 0.1) is 11.4 Å². The maximum atomic E-state index is 11.9. The van der Waals surface area contributed by atoms with Crippen LogP contribution in [0.2, 0.25) is 0 Å². The van der Waals surface area contributed by atoms with Crippen molar-refractivity contribution in [2.75, 3.05) is 12.0 Å². The number of aryl methyl sites for hydroxylation is 1. The Bertz CT molecular complexity index is 584. The van der Waals surface area contributed by atoms with Crippen molar-refractivity contribution < 1.29 is 17.9 Å². The summed E-state index contributed by atoms with van der Waals surface area (Å²) in [5.74, 6) is -0.446. The van der Waals surface area contributed by atoms with Crippen molar-refractivity contribution in [3.63, 3.8) is 0 Å². The van der Waals surface area contributed by atoms with E-state index in [0.29, 0.717) is 18.7 Å². The fraction of sp³-hybridized carbons (Fsp3) is 0.750. The summed E-state index contributed by atoms with van der Waals surface area (Å²) < 4.78 is 28.9. The van der Waals surface area contributed by atoms with Crippen LogP contribution in [0.1, 0.15) is 43.4 Å². The average Bonchev–Trinajstić information content (AvgIpc) is 2.56. The zero-order valence-electron chi connectivity index (χ0n) is 12.5. The van der Waals surface area contributed by atoms with Gasteiger partial charge in [0.25, 0.3) is 0 Å². The van der Waals surface area contributed by atoms with E-state index in [1.54, 1.807) is 27.7 Å². The Kier molecular flexibility index (Phi) is 4.90. The Morgan fingerprint density at radius 1 is 1.35 bits per heavy atom. The number of esters is 1. The monoisotopic (exact) mass is 303 g/mol. The van der Waals surface area contributed by atoms with Gasteiger partial charge in [-0.05, 0) is 34.1 Å². The highest BCUT2D eigenvalue weighted by atomic mass is 32.2. The molecule has 0 aromatic carbocycles. The Labute approximate surface area is 119 Å². The maximum Gasteiger partial charge on any atom is 0.361 e. The molecule has 0 aliphatic carbocycles. The fourth-order valence-electron chi connectivity index (χ4n) is 1.56. The molecule has 0 atom stereocenters. The highest BCUT2D eigenvalue weighted by molar-refractivity contribution is 7.90. The van der Waals surface area contributed by atoms with Gasteiger partial charge in [0, 0.05) is 12.8 Å². The minimum Gasteiger partial charge on any atom is -0.455 e. The molecular weight excluding hydrogens is 282 g/mol. The SMILES string of the molecule is Cc1c(C(=O)OC(C)(C)C)nnn1CCCS(C)(=O)=O. The number of nitrogens with zero attached hydrogens (tertiary/aromatic N) is 3. The third-order valence-electron chi connectivity index (χ3n) is 2.46. The molecule has 8 heteroatoms. The van der Waals surface area contributed by atoms with E-state index in [2.05, 4.69) is 10.3 Å². The van der Waals surface area contributed by atoms with Gasteiger partial charge in [-0.25, -0.2) is 17.9 Å². The molecule has 0 N–H and O–H groups in total. The summed E-state index contributed by atoms with van der Waals surface area (Å²) in [6, 6.07) is 0. The molecule has 0 saturated carbocycles. The molecule has 0 radical (unpaired) electrons. The van der Waals surface area contributed by atoms with Crippen molar-refractivity contribution in [3.05, 3.63) is 11.4 Å². The molecule has 0 fully saturated rings. The zero-order chi connectivity index (χ0) is 15.6. The number of carbonyl (C=O) groups excluding carboxylic acids is 1. The first-order chi connectivity index (χ1) is 8.99. The lowest BCUT2D eigenvalue weighted by atomic mass is 10.2. The third kappa shape index (κ3) is 5.28. The Hall–Kier alpha value is -1.44. The lowest BCUT2D eigenvalue weighted by Gasteiger charge is -2.18. The van der Waals surface area contributed by atoms with Gasteiger partial charge < -0.3 is 4.74 Å². The molecule has 1 aromatic rings. The standard InChI is InChI=1S/C12H21N3O4S/c1-9-10(11(16)19-12(2,3)4)13-14-15(9)7-6-8-20(5,17)18/h6-8H2,1-5H3. The molecule has 1 heterocycles. The predicted octanol–water partition coefficient (Wildman–Crippen LogP) is 0.977. The molecule has 0 saturated heterocycles. The number of sulfone groups is 1. The van der Waals surface area contributed by atoms with Crippen molar-refractivity contribution >= 4 is 15.8 Å². The second-order valence-corrected chi connectivity index (χ2v) is 7.99. The van der Waals surface area contributed by atoms with Crippen molar-refractivity contribution in [1.29, 1.82) is 0 Å². The average molecular weight is 303 g/mol. The van der Waals surface area contributed by atoms with Gasteiger partial charge in [-0.1, -0.05) is 5.21 Å². The van der Waals surface area contributed by atoms with Gasteiger partial charge in [0.15, 0.2) is 5.69 Å². The van der Waals surface area contributed by atoms with Gasteiger partial charge in [-0.3, -0.25) is 0 Å². The van der Waals surface area contributed by atoms with Crippen LogP contribution in [0.4, 0.5) is 0 Å². The van der Waals surface area contributed by atoms with E-state index in [1.165, 1.54) is 10.9 Å². The molecule has 0 aliphatic heterocycles. The number of hydrogen-bond acceptors (Lipinski definition) is 6. The van der Waals surface area contributed by atoms with Crippen LogP contribution in [0, 0.1) is 6.92 Å². The lowest BCUT2D eigenvalue weighted by Crippen LogP contribution is -2.24. The lowest BCUT2D eigenvalue weighted by molar-refractivity contribution is 0.00618. The number of rotatable bonds is 5. The molecule has 7 nitrogen and oxygen atoms in total. The van der Waals surface area contributed by atoms with Crippen LogP contribution in [-0.4, -0.2) is 47.0 Å². The molecule has 20 heavy (non-hydrogen) atoms. The molecule has 0 unspecified atom stereocenters. The molecule has 0 bridgehead atoms. The van der Waals surface area contributed by atoms with Crippen LogP contribution in [-0.2, 0) is 21.1 Å². The van der Waals surface area contributed by atoms with Crippen molar-refractivity contribution in [2.45, 2.75) is 46.3 Å². The quantitative estimate of drug-likeness (QED) is 0.753. The van der Waals surface area contributed by atoms with Gasteiger partial charge >= 0.3 is 5.97 Å². The fourth-order valence-corrected chi connectivity index (χ4v) is 2.22. The van der Waals surface area contributed by atoms with Gasteiger partial charge in [-0.15, -0.1) is 5.10 Å². The Balaban J connectivity index is 2.72. The first-order valence-corrected chi connectivity index (χ1v) is 8.37. The van der Waals surface area contributed by atoms with E-state index in [4.69, 9.17) is 4.74 Å². The van der Waals surface area contributed by atoms with E-state index in [0.717, 1.165) is 0 Å². The summed E-state index contributed by atoms with van der Waals surface area (Å²) >= 11 is 0. The number of hydrogen-bond donors (Lipinski definition) is 0. The van der Waals surface area contributed by atoms with Crippen LogP contribution >= 0.6 is 0 Å². The van der Waals surface area contributed by atoms with E-state index in [-0.39, 0.29) is 11.4 Å². The number of carbonyl (C=O) groups is 1. The topological polar surface area (TPSA) is 91.2 Å². The number of ether oxygens (including phenoxy) is 1. The summed E-state index contributed by atoms with van der Waals surface area (Å²) in [6.07, 6.45) is 1.62. The van der Waals surface area contributed by atoms with Crippen LogP contribution in [0.25, 0.3) is 0 Å². The van der Waals surface area contributed by atoms with E-state index in [9.17, 15) is 13.2 Å². The van der Waals surface area contributed by atoms with E-state index >= 15 is 0 Å². The molecule has 114 valence electrons. The Morgan fingerprint density at radius 2 is 1.95 bits per heavy atom. The molecule has 1 rings (SSSR count). The minimum atomic E-state index is -2.99. The minimum absolute atomic E-state index is 0.0775. The first-order valence-electron chi connectivity index (χ1n) is 6.31. The van der Waals surface area contributed by atoms with Crippen LogP contribution in [0.3, 0.4) is 0 Å². The Morgan fingerprint density at radius 3 is 2.45 bits per heavy atom. The molecule has 0 aliphatic rings. The summed E-state index contributed by atoms with van der Waals surface area (Å²) in [4.78, 5) is 11.9. The van der Waals surface area contributed by atoms with Crippen LogP contribution < -0.4 is 0 Å². The largest absolute Gasteiger partial charge is 0.455 e. The predicted molar refractivity (Wildman–Crippen MR) is 74.3 cm³/mol. The number of aromatic nitrogens is 3. The second kappa shape index (κ2) is 5.90. The van der Waals surface area contributed by atoms with Crippen molar-refractivity contribution in [3.8, 4) is 0 Å². The van der Waals surface area contributed by atoms with Crippen molar-refractivity contribution in [1.82, 2.24) is 15.0 Å². The van der Waals surface area contributed by atoms with Crippen LogP contribution in [0.15, 0.2) is 0 Å². The summed E-state index contributed by atoms with van der Waals surface area (Å²) in [5, 5.41) is 7.66. The normalized spacial score (nSPS) is 12.4. The highest BCUT2D eigenvalue weighted by Crippen LogP contribution is 2.13. The summed E-state index contributed by atoms with van der Waals surface area (Å²) in [7, 11) is -2.99. The third-order valence-corrected chi connectivity index (χ3v) is 3.49. The van der Waals surface area contributed by atoms with E-state index in [1.807, 2.05) is 0 Å². The van der Waals surface area contributed by atoms with Gasteiger partial charge in [0.2, 0.25) is 0 Å². The maximum absolute atomic E-state index is 11.9. The molecule has 0 amide bonds. The molecule has 0 spiro atoms. The first kappa shape index (κ1) is 16.6. The zero-order valence-corrected chi connectivity index (χ0v) is 13.3. The van der Waals surface area contributed by atoms with E-state index < -0.39 is 21.4 Å².